The summed E-state index contributed by atoms with van der Waals surface area (Å²) in [5.41, 5.74) is 0.518. The molecule has 0 saturated heterocycles. The molecule has 0 aromatic carbocycles. The minimum absolute atomic E-state index is 0.228. The van der Waals surface area contributed by atoms with Crippen LogP contribution < -0.4 is 5.43 Å². The summed E-state index contributed by atoms with van der Waals surface area (Å²) in [5.74, 6) is -0.228. The highest BCUT2D eigenvalue weighted by molar-refractivity contribution is 5.18. The van der Waals surface area contributed by atoms with Crippen molar-refractivity contribution in [1.29, 1.82) is 0 Å². The number of pyridine rings is 1. The Morgan fingerprint density at radius 1 is 1.54 bits per heavy atom. The van der Waals surface area contributed by atoms with Gasteiger partial charge in [-0.2, -0.15) is 0 Å². The SMILES string of the molecule is CN(C)CCc1cc(=O)c(O)c[nH]1. The molecule has 0 unspecified atom stereocenters. The normalized spacial score (nSPS) is 10.7. The molecule has 0 radical (unpaired) electrons. The lowest BCUT2D eigenvalue weighted by atomic mass is 10.2. The second-order valence-corrected chi connectivity index (χ2v) is 3.26. The van der Waals surface area contributed by atoms with Crippen LogP contribution >= 0.6 is 0 Å². The molecule has 0 aliphatic carbocycles. The molecule has 0 atom stereocenters. The number of nitrogens with zero attached hydrogens (tertiary/aromatic N) is 1. The van der Waals surface area contributed by atoms with E-state index in [1.807, 2.05) is 19.0 Å². The van der Waals surface area contributed by atoms with Gasteiger partial charge in [0.05, 0.1) is 0 Å². The lowest BCUT2D eigenvalue weighted by Gasteiger charge is -2.08. The minimum Gasteiger partial charge on any atom is -0.503 e. The Morgan fingerprint density at radius 2 is 2.23 bits per heavy atom. The maximum absolute atomic E-state index is 11.0. The van der Waals surface area contributed by atoms with Gasteiger partial charge in [0.1, 0.15) is 0 Å². The standard InChI is InChI=1S/C9H14N2O2/c1-11(2)4-3-7-5-8(12)9(13)6-10-7/h5-6,13H,3-4H2,1-2H3,(H,10,12). The quantitative estimate of drug-likeness (QED) is 0.701. The zero-order chi connectivity index (χ0) is 9.84. The van der Waals surface area contributed by atoms with E-state index in [2.05, 4.69) is 4.98 Å². The fraction of sp³-hybridized carbons (Fsp3) is 0.444. The first kappa shape index (κ1) is 9.80. The molecule has 0 fully saturated rings. The van der Waals surface area contributed by atoms with Crippen LogP contribution in [0.3, 0.4) is 0 Å². The van der Waals surface area contributed by atoms with E-state index < -0.39 is 0 Å². The zero-order valence-electron chi connectivity index (χ0n) is 7.87. The fourth-order valence-corrected chi connectivity index (χ4v) is 0.994. The van der Waals surface area contributed by atoms with Crippen molar-refractivity contribution in [3.8, 4) is 5.75 Å². The van der Waals surface area contributed by atoms with Crippen LogP contribution in [0.1, 0.15) is 5.69 Å². The number of nitrogens with one attached hydrogen (secondary N) is 1. The maximum Gasteiger partial charge on any atom is 0.223 e. The van der Waals surface area contributed by atoms with E-state index in [0.717, 1.165) is 18.7 Å². The van der Waals surface area contributed by atoms with Crippen molar-refractivity contribution in [3.63, 3.8) is 0 Å². The predicted molar refractivity (Wildman–Crippen MR) is 51.0 cm³/mol. The Bertz CT molecular complexity index is 331. The number of aromatic hydroxyl groups is 1. The number of aromatic nitrogens is 1. The minimum atomic E-state index is -0.326. The lowest BCUT2D eigenvalue weighted by Crippen LogP contribution is -2.16. The van der Waals surface area contributed by atoms with E-state index in [0.29, 0.717) is 0 Å². The third kappa shape index (κ3) is 2.91. The van der Waals surface area contributed by atoms with Crippen LogP contribution in [0.15, 0.2) is 17.1 Å². The van der Waals surface area contributed by atoms with Gasteiger partial charge in [-0.15, -0.1) is 0 Å². The van der Waals surface area contributed by atoms with Gasteiger partial charge in [-0.05, 0) is 14.1 Å². The maximum atomic E-state index is 11.0. The summed E-state index contributed by atoms with van der Waals surface area (Å²) in [7, 11) is 3.94. The second-order valence-electron chi connectivity index (χ2n) is 3.26. The number of hydrogen-bond donors (Lipinski definition) is 2. The van der Waals surface area contributed by atoms with Crippen LogP contribution in [-0.4, -0.2) is 35.6 Å². The van der Waals surface area contributed by atoms with Crippen LogP contribution in [0.4, 0.5) is 0 Å². The third-order valence-electron chi connectivity index (χ3n) is 1.78. The van der Waals surface area contributed by atoms with Crippen molar-refractivity contribution in [1.82, 2.24) is 9.88 Å². The average molecular weight is 182 g/mol. The van der Waals surface area contributed by atoms with Gasteiger partial charge in [0.2, 0.25) is 5.43 Å². The van der Waals surface area contributed by atoms with E-state index in [1.165, 1.54) is 12.3 Å². The molecular formula is C9H14N2O2. The summed E-state index contributed by atoms with van der Waals surface area (Å²) in [4.78, 5) is 15.9. The van der Waals surface area contributed by atoms with Gasteiger partial charge in [-0.3, -0.25) is 4.79 Å². The van der Waals surface area contributed by atoms with Gasteiger partial charge >= 0.3 is 0 Å². The van der Waals surface area contributed by atoms with Crippen LogP contribution in [-0.2, 0) is 6.42 Å². The van der Waals surface area contributed by atoms with Crippen LogP contribution in [0.2, 0.25) is 0 Å². The van der Waals surface area contributed by atoms with Crippen LogP contribution in [0.5, 0.6) is 5.75 Å². The van der Waals surface area contributed by atoms with Crippen molar-refractivity contribution in [3.05, 3.63) is 28.2 Å². The largest absolute Gasteiger partial charge is 0.503 e. The topological polar surface area (TPSA) is 56.3 Å². The number of likely N-dealkylation sites (N-methyl/N-ethyl adjacent to an activating group) is 1. The van der Waals surface area contributed by atoms with Crippen LogP contribution in [0.25, 0.3) is 0 Å². The predicted octanol–water partition coefficient (Wildman–Crippen LogP) is 0.185. The molecule has 2 N–H and O–H groups in total. The monoisotopic (exact) mass is 182 g/mol. The van der Waals surface area contributed by atoms with Gasteiger partial charge in [-0.1, -0.05) is 0 Å². The van der Waals surface area contributed by atoms with Crippen molar-refractivity contribution < 1.29 is 5.11 Å². The molecule has 1 aromatic rings. The van der Waals surface area contributed by atoms with Crippen LogP contribution in [0, 0.1) is 0 Å². The smallest absolute Gasteiger partial charge is 0.223 e. The first-order valence-electron chi connectivity index (χ1n) is 4.15. The van der Waals surface area contributed by atoms with Gasteiger partial charge < -0.3 is 15.0 Å². The van der Waals surface area contributed by atoms with Gasteiger partial charge in [0.25, 0.3) is 0 Å². The van der Waals surface area contributed by atoms with Crippen molar-refractivity contribution in [2.45, 2.75) is 6.42 Å². The summed E-state index contributed by atoms with van der Waals surface area (Å²) in [5, 5.41) is 8.97. The molecule has 0 aliphatic rings. The van der Waals surface area contributed by atoms with Gasteiger partial charge in [0, 0.05) is 30.9 Å². The molecule has 4 heteroatoms. The Hall–Kier alpha value is -1.29. The van der Waals surface area contributed by atoms with E-state index in [-0.39, 0.29) is 11.2 Å². The number of H-pyrrole nitrogens is 1. The average Bonchev–Trinajstić information content (AvgIpc) is 2.07. The highest BCUT2D eigenvalue weighted by atomic mass is 16.3. The molecule has 4 nitrogen and oxygen atoms in total. The molecule has 13 heavy (non-hydrogen) atoms. The second kappa shape index (κ2) is 4.09. The van der Waals surface area contributed by atoms with Gasteiger partial charge in [-0.25, -0.2) is 0 Å². The van der Waals surface area contributed by atoms with E-state index in [4.69, 9.17) is 5.11 Å². The molecule has 0 saturated carbocycles. The summed E-state index contributed by atoms with van der Waals surface area (Å²) in [6, 6.07) is 1.43. The Kier molecular flexibility index (Phi) is 3.08. The number of hydrogen-bond acceptors (Lipinski definition) is 3. The first-order valence-corrected chi connectivity index (χ1v) is 4.15. The zero-order valence-corrected chi connectivity index (χ0v) is 7.87. The highest BCUT2D eigenvalue weighted by Crippen LogP contribution is 1.99. The Balaban J connectivity index is 2.69. The number of rotatable bonds is 3. The summed E-state index contributed by atoms with van der Waals surface area (Å²) in [6.45, 7) is 0.876. The molecule has 1 heterocycles. The summed E-state index contributed by atoms with van der Waals surface area (Å²) >= 11 is 0. The summed E-state index contributed by atoms with van der Waals surface area (Å²) in [6.07, 6.45) is 2.11. The Morgan fingerprint density at radius 3 is 2.77 bits per heavy atom. The van der Waals surface area contributed by atoms with E-state index in [1.54, 1.807) is 0 Å². The molecule has 1 aromatic heterocycles. The molecule has 72 valence electrons. The first-order chi connectivity index (χ1) is 6.09. The molecular weight excluding hydrogens is 168 g/mol. The fourth-order valence-electron chi connectivity index (χ4n) is 0.994. The van der Waals surface area contributed by atoms with Gasteiger partial charge in [0.15, 0.2) is 5.75 Å². The van der Waals surface area contributed by atoms with Crippen molar-refractivity contribution in [2.24, 2.45) is 0 Å². The molecule has 0 bridgehead atoms. The molecule has 0 spiro atoms. The van der Waals surface area contributed by atoms with E-state index >= 15 is 0 Å². The molecule has 0 aliphatic heterocycles. The Labute approximate surface area is 76.8 Å². The number of aromatic amines is 1. The van der Waals surface area contributed by atoms with E-state index in [9.17, 15) is 4.79 Å². The highest BCUT2D eigenvalue weighted by Gasteiger charge is 1.99. The summed E-state index contributed by atoms with van der Waals surface area (Å²) < 4.78 is 0. The molecule has 1 rings (SSSR count). The van der Waals surface area contributed by atoms with Crippen molar-refractivity contribution in [2.75, 3.05) is 20.6 Å². The van der Waals surface area contributed by atoms with Crippen molar-refractivity contribution >= 4 is 0 Å². The third-order valence-corrected chi connectivity index (χ3v) is 1.78. The molecule has 0 amide bonds. The lowest BCUT2D eigenvalue weighted by molar-refractivity contribution is 0.411.